The zero-order valence-electron chi connectivity index (χ0n) is 18.4. The van der Waals surface area contributed by atoms with Gasteiger partial charge in [0.25, 0.3) is 0 Å². The van der Waals surface area contributed by atoms with Crippen molar-refractivity contribution in [2.75, 3.05) is 0 Å². The monoisotopic (exact) mass is 501 g/mol. The minimum Gasteiger partial charge on any atom is -0.309 e. The molecule has 1 aliphatic carbocycles. The van der Waals surface area contributed by atoms with Crippen molar-refractivity contribution in [2.24, 2.45) is 9.98 Å². The van der Waals surface area contributed by atoms with Crippen molar-refractivity contribution in [1.82, 2.24) is 14.5 Å². The Bertz CT molecular complexity index is 1980. The van der Waals surface area contributed by atoms with Crippen LogP contribution in [0, 0.1) is 5.82 Å². The Hall–Kier alpha value is -4.45. The highest BCUT2D eigenvalue weighted by molar-refractivity contribution is 7.78. The van der Waals surface area contributed by atoms with Gasteiger partial charge < -0.3 is 4.57 Å². The van der Waals surface area contributed by atoms with Crippen molar-refractivity contribution in [3.8, 4) is 28.2 Å². The maximum Gasteiger partial charge on any atom is 0.209 e. The van der Waals surface area contributed by atoms with Gasteiger partial charge in [0.2, 0.25) is 11.6 Å². The fourth-order valence-corrected chi connectivity index (χ4v) is 5.40. The summed E-state index contributed by atoms with van der Waals surface area (Å²) in [7, 11) is 0. The van der Waals surface area contributed by atoms with Gasteiger partial charge in [0.1, 0.15) is 11.5 Å². The van der Waals surface area contributed by atoms with Gasteiger partial charge in [-0.05, 0) is 60.8 Å². The van der Waals surface area contributed by atoms with Gasteiger partial charge in [0.15, 0.2) is 0 Å². The molecule has 0 saturated heterocycles. The normalized spacial score (nSPS) is 11.5. The van der Waals surface area contributed by atoms with Gasteiger partial charge in [-0.2, -0.15) is 9.98 Å². The van der Waals surface area contributed by atoms with Crippen LogP contribution in [0.25, 0.3) is 60.8 Å². The molecule has 0 aliphatic heterocycles. The number of halogens is 1. The number of hydrogen-bond donors (Lipinski definition) is 0. The van der Waals surface area contributed by atoms with Crippen LogP contribution < -0.4 is 0 Å². The van der Waals surface area contributed by atoms with E-state index in [2.05, 4.69) is 59.1 Å². The van der Waals surface area contributed by atoms with Gasteiger partial charge in [-0.15, -0.1) is 0 Å². The van der Waals surface area contributed by atoms with E-state index in [9.17, 15) is 0 Å². The highest BCUT2D eigenvalue weighted by Crippen LogP contribution is 2.49. The average Bonchev–Trinajstić information content (AvgIpc) is 3.38. The van der Waals surface area contributed by atoms with Crippen LogP contribution in [-0.4, -0.2) is 24.9 Å². The van der Waals surface area contributed by atoms with Crippen LogP contribution in [0.5, 0.6) is 0 Å². The molecule has 0 radical (unpaired) electrons. The molecular weight excluding hydrogens is 489 g/mol. The van der Waals surface area contributed by atoms with E-state index in [0.717, 1.165) is 43.8 Å². The van der Waals surface area contributed by atoms with Gasteiger partial charge in [-0.25, -0.2) is 14.4 Å². The van der Waals surface area contributed by atoms with Crippen molar-refractivity contribution in [1.29, 1.82) is 0 Å². The van der Waals surface area contributed by atoms with Crippen LogP contribution in [0.2, 0.25) is 0 Å². The number of benzene rings is 4. The fraction of sp³-hybridized carbons (Fsp3) is 0. The molecular formula is C28H12FN5S2. The molecule has 0 bridgehead atoms. The number of isothiocyanates is 2. The lowest BCUT2D eigenvalue weighted by molar-refractivity contribution is 0.630. The SMILES string of the molecule is Fc1cc2c3c(ccc(-n4c5ccccc5c5ccccc54)c3c1)-c1nc(N=C=S)c(N=C=S)nc1-2. The van der Waals surface area contributed by atoms with E-state index in [-0.39, 0.29) is 17.5 Å². The van der Waals surface area contributed by atoms with Crippen LogP contribution >= 0.6 is 24.4 Å². The topological polar surface area (TPSA) is 55.4 Å². The Morgan fingerprint density at radius 2 is 1.28 bits per heavy atom. The number of para-hydroxylation sites is 2. The van der Waals surface area contributed by atoms with Crippen LogP contribution in [0.3, 0.4) is 0 Å². The lowest BCUT2D eigenvalue weighted by Crippen LogP contribution is -1.96. The van der Waals surface area contributed by atoms with Crippen molar-refractivity contribution in [2.45, 2.75) is 0 Å². The molecule has 7 rings (SSSR count). The number of thiocarbonyl (C=S) groups is 2. The van der Waals surface area contributed by atoms with Gasteiger partial charge in [0, 0.05) is 32.7 Å². The summed E-state index contributed by atoms with van der Waals surface area (Å²) in [5.74, 6) is -0.0184. The summed E-state index contributed by atoms with van der Waals surface area (Å²) in [5, 5.41) is 8.50. The molecule has 2 aromatic heterocycles. The number of aliphatic imine (C=N–C) groups is 2. The van der Waals surface area contributed by atoms with Crippen LogP contribution in [0.1, 0.15) is 0 Å². The van der Waals surface area contributed by atoms with Crippen LogP contribution in [-0.2, 0) is 0 Å². The quantitative estimate of drug-likeness (QED) is 0.182. The molecule has 36 heavy (non-hydrogen) atoms. The number of rotatable bonds is 3. The van der Waals surface area contributed by atoms with E-state index in [1.807, 2.05) is 36.4 Å². The minimum atomic E-state index is -0.368. The smallest absolute Gasteiger partial charge is 0.209 e. The third-order valence-corrected chi connectivity index (χ3v) is 6.73. The summed E-state index contributed by atoms with van der Waals surface area (Å²) in [6, 6.07) is 23.5. The summed E-state index contributed by atoms with van der Waals surface area (Å²) in [6.07, 6.45) is 0. The molecule has 168 valence electrons. The molecule has 0 unspecified atom stereocenters. The molecule has 2 heterocycles. The van der Waals surface area contributed by atoms with E-state index < -0.39 is 0 Å². The van der Waals surface area contributed by atoms with Crippen molar-refractivity contribution in [3.05, 3.63) is 78.6 Å². The van der Waals surface area contributed by atoms with E-state index in [1.54, 1.807) is 6.07 Å². The Morgan fingerprint density at radius 3 is 1.89 bits per heavy atom. The lowest BCUT2D eigenvalue weighted by Gasteiger charge is -2.13. The third-order valence-electron chi connectivity index (χ3n) is 6.55. The largest absolute Gasteiger partial charge is 0.309 e. The van der Waals surface area contributed by atoms with Crippen LogP contribution in [0.4, 0.5) is 16.0 Å². The Morgan fingerprint density at radius 1 is 0.694 bits per heavy atom. The molecule has 0 atom stereocenters. The number of fused-ring (bicyclic) bond motifs is 6. The van der Waals surface area contributed by atoms with Gasteiger partial charge in [-0.3, -0.25) is 0 Å². The van der Waals surface area contributed by atoms with E-state index >= 15 is 4.39 Å². The maximum atomic E-state index is 15.1. The summed E-state index contributed by atoms with van der Waals surface area (Å²) < 4.78 is 17.3. The molecule has 0 spiro atoms. The molecule has 5 nitrogen and oxygen atoms in total. The number of hydrogen-bond acceptors (Lipinski definition) is 6. The van der Waals surface area contributed by atoms with E-state index in [4.69, 9.17) is 24.4 Å². The lowest BCUT2D eigenvalue weighted by atomic mass is 10.0. The Balaban J connectivity index is 1.61. The zero-order chi connectivity index (χ0) is 24.4. The molecule has 0 N–H and O–H groups in total. The van der Waals surface area contributed by atoms with Crippen LogP contribution in [0.15, 0.2) is 82.8 Å². The predicted octanol–water partition coefficient (Wildman–Crippen LogP) is 7.98. The van der Waals surface area contributed by atoms with E-state index in [0.29, 0.717) is 17.0 Å². The second kappa shape index (κ2) is 7.78. The van der Waals surface area contributed by atoms with Crippen molar-refractivity contribution < 1.29 is 4.39 Å². The third kappa shape index (κ3) is 2.81. The molecule has 6 aromatic rings. The Kier molecular flexibility index (Phi) is 4.51. The molecule has 0 fully saturated rings. The molecule has 4 aromatic carbocycles. The van der Waals surface area contributed by atoms with Gasteiger partial charge >= 0.3 is 0 Å². The van der Waals surface area contributed by atoms with Gasteiger partial charge in [-0.1, -0.05) is 36.4 Å². The number of aromatic nitrogens is 3. The average molecular weight is 502 g/mol. The second-order valence-corrected chi connectivity index (χ2v) is 8.72. The van der Waals surface area contributed by atoms with Crippen molar-refractivity contribution in [3.63, 3.8) is 0 Å². The first kappa shape index (κ1) is 20.9. The summed E-state index contributed by atoms with van der Waals surface area (Å²) in [5.41, 5.74) is 5.54. The number of nitrogens with zero attached hydrogens (tertiary/aromatic N) is 5. The maximum absolute atomic E-state index is 15.1. The summed E-state index contributed by atoms with van der Waals surface area (Å²) in [6.45, 7) is 0. The summed E-state index contributed by atoms with van der Waals surface area (Å²) >= 11 is 9.54. The first-order valence-corrected chi connectivity index (χ1v) is 11.8. The Labute approximate surface area is 214 Å². The summed E-state index contributed by atoms with van der Waals surface area (Å²) in [4.78, 5) is 17.3. The molecule has 0 saturated carbocycles. The molecule has 0 amide bonds. The first-order valence-electron chi connectivity index (χ1n) is 11.0. The predicted molar refractivity (Wildman–Crippen MR) is 148 cm³/mol. The van der Waals surface area contributed by atoms with E-state index in [1.165, 1.54) is 6.07 Å². The fourth-order valence-electron chi connectivity index (χ4n) is 5.23. The molecule has 1 aliphatic rings. The highest BCUT2D eigenvalue weighted by atomic mass is 32.1. The van der Waals surface area contributed by atoms with Gasteiger partial charge in [0.05, 0.1) is 32.7 Å². The first-order chi connectivity index (χ1) is 17.7. The highest BCUT2D eigenvalue weighted by Gasteiger charge is 2.29. The second-order valence-electron chi connectivity index (χ2n) is 8.35. The minimum absolute atomic E-state index is 0.161. The van der Waals surface area contributed by atoms with Crippen molar-refractivity contribution >= 4 is 79.0 Å². The molecule has 8 heteroatoms. The standard InChI is InChI=1S/C28H12FN5S2/c29-15-11-19-23(34-21-7-3-1-5-16(21)17-6-2-4-8-22(17)34)10-9-18-24(19)20(12-15)26-25(18)32-27(30-13-35)28(33-26)31-14-36/h1-12H. The zero-order valence-corrected chi connectivity index (χ0v) is 20.0.